The van der Waals surface area contributed by atoms with E-state index in [0.717, 1.165) is 4.70 Å². The van der Waals surface area contributed by atoms with Crippen LogP contribution < -0.4 is 0 Å². The van der Waals surface area contributed by atoms with Gasteiger partial charge in [0.15, 0.2) is 11.3 Å². The van der Waals surface area contributed by atoms with Gasteiger partial charge >= 0.3 is 0 Å². The second-order valence-corrected chi connectivity index (χ2v) is 10.9. The monoisotopic (exact) mass is 510 g/mol. The van der Waals surface area contributed by atoms with Gasteiger partial charge in [0.2, 0.25) is 5.91 Å². The standard InChI is InChI=1S/C26H19FN8OS/c1-26(2,3)25(36)35-13-8-12(9-28-10-13)14-11-30-23-18(19(14)27)22(33-34-23)24-31-15-6-7-29-21(20(15)32-24)16-4-5-17(35)37-16/h4-11,33H,1-3H3,(H,30,34). The zero-order valence-corrected chi connectivity index (χ0v) is 20.8. The van der Waals surface area contributed by atoms with Crippen molar-refractivity contribution in [3.63, 3.8) is 0 Å². The number of nitrogens with zero attached hydrogens (tertiary/aromatic N) is 6. The normalized spacial score (nSPS) is 12.4. The van der Waals surface area contributed by atoms with Crippen molar-refractivity contribution in [2.45, 2.75) is 20.8 Å². The fraction of sp³-hybridized carbons (Fsp3) is 0.154. The highest BCUT2D eigenvalue weighted by atomic mass is 32.1. The summed E-state index contributed by atoms with van der Waals surface area (Å²) >= 11 is 1.42. The Bertz CT molecular complexity index is 2080. The van der Waals surface area contributed by atoms with E-state index in [1.807, 2.05) is 32.9 Å². The summed E-state index contributed by atoms with van der Waals surface area (Å²) in [6.45, 7) is 5.59. The largest absolute Gasteiger partial charge is 0.295 e. The first kappa shape index (κ1) is 21.7. The molecule has 9 nitrogen and oxygen atoms in total. The van der Waals surface area contributed by atoms with Crippen LogP contribution in [-0.2, 0) is 0 Å². The van der Waals surface area contributed by atoms with Crippen molar-refractivity contribution >= 4 is 70.9 Å². The van der Waals surface area contributed by atoms with E-state index in [1.54, 1.807) is 35.3 Å². The summed E-state index contributed by atoms with van der Waals surface area (Å²) < 4.78 is 18.6. The molecule has 182 valence electrons. The van der Waals surface area contributed by atoms with Crippen LogP contribution in [0.15, 0.2) is 49.1 Å². The van der Waals surface area contributed by atoms with Crippen molar-refractivity contribution in [1.82, 2.24) is 39.7 Å². The van der Waals surface area contributed by atoms with Crippen LogP contribution in [0, 0.1) is 11.2 Å². The van der Waals surface area contributed by atoms with Crippen LogP contribution in [0.2, 0.25) is 0 Å². The molecule has 0 radical (unpaired) electrons. The van der Waals surface area contributed by atoms with Crippen molar-refractivity contribution in [2.75, 3.05) is 0 Å². The lowest BCUT2D eigenvalue weighted by Crippen LogP contribution is -2.26. The summed E-state index contributed by atoms with van der Waals surface area (Å²) in [5.74, 6) is -0.618. The minimum atomic E-state index is -0.686. The smallest absolute Gasteiger partial charge is 0.237 e. The summed E-state index contributed by atoms with van der Waals surface area (Å²) in [7, 11) is 0. The molecule has 8 bridgehead atoms. The molecular formula is C26H19FN8OS. The zero-order chi connectivity index (χ0) is 25.5. The van der Waals surface area contributed by atoms with E-state index in [9.17, 15) is 4.79 Å². The van der Waals surface area contributed by atoms with Crippen LogP contribution in [0.1, 0.15) is 25.6 Å². The average Bonchev–Trinajstić information content (AvgIpc) is 3.61. The van der Waals surface area contributed by atoms with Crippen LogP contribution in [-0.4, -0.2) is 45.6 Å². The Labute approximate surface area is 212 Å². The first-order valence-electron chi connectivity index (χ1n) is 11.6. The molecule has 0 aromatic carbocycles. The van der Waals surface area contributed by atoms with E-state index in [0.29, 0.717) is 49.3 Å². The Hall–Kier alpha value is -4.51. The molecule has 11 heteroatoms. The molecule has 5 aromatic heterocycles. The number of pyridine rings is 3. The van der Waals surface area contributed by atoms with E-state index in [1.165, 1.54) is 17.5 Å². The molecule has 0 spiro atoms. The van der Waals surface area contributed by atoms with Gasteiger partial charge in [-0.15, -0.1) is 11.3 Å². The maximum atomic E-state index is 16.1. The minimum absolute atomic E-state index is 0.123. The summed E-state index contributed by atoms with van der Waals surface area (Å²) in [4.78, 5) is 37.2. The summed E-state index contributed by atoms with van der Waals surface area (Å²) in [6.07, 6.45) is 6.29. The topological polar surface area (TPSA) is 118 Å². The highest BCUT2D eigenvalue weighted by Crippen LogP contribution is 2.34. The molecular weight excluding hydrogens is 491 g/mol. The molecule has 0 atom stereocenters. The zero-order valence-electron chi connectivity index (χ0n) is 20.0. The number of H-pyrrole nitrogens is 2. The summed E-state index contributed by atoms with van der Waals surface area (Å²) in [6, 6.07) is 7.34. The molecule has 2 aliphatic rings. The van der Waals surface area contributed by atoms with E-state index >= 15 is 4.39 Å². The summed E-state index contributed by atoms with van der Waals surface area (Å²) in [5, 5.41) is 6.64. The number of rotatable bonds is 0. The van der Waals surface area contributed by atoms with Crippen molar-refractivity contribution < 1.29 is 9.18 Å². The van der Waals surface area contributed by atoms with Crippen molar-refractivity contribution in [2.24, 2.45) is 5.41 Å². The predicted molar refractivity (Wildman–Crippen MR) is 142 cm³/mol. The van der Waals surface area contributed by atoms with E-state index in [4.69, 9.17) is 4.98 Å². The number of aromatic nitrogens is 8. The number of hydrogen-bond acceptors (Lipinski definition) is 7. The van der Waals surface area contributed by atoms with Gasteiger partial charge in [-0.05, 0) is 24.3 Å². The fourth-order valence-electron chi connectivity index (χ4n) is 4.50. The lowest BCUT2D eigenvalue weighted by molar-refractivity contribution is 0.0778. The second-order valence-electron chi connectivity index (χ2n) is 9.87. The highest BCUT2D eigenvalue weighted by molar-refractivity contribution is 7.24. The molecule has 2 aliphatic heterocycles. The first-order valence-corrected chi connectivity index (χ1v) is 12.4. The van der Waals surface area contributed by atoms with Crippen LogP contribution in [0.4, 0.5) is 4.39 Å². The Morgan fingerprint density at radius 3 is 2.73 bits per heavy atom. The number of aromatic amines is 2. The molecule has 7 rings (SSSR count). The minimum Gasteiger partial charge on any atom is -0.295 e. The molecule has 5 aromatic rings. The molecule has 0 aliphatic carbocycles. The fourth-order valence-corrected chi connectivity index (χ4v) is 5.52. The van der Waals surface area contributed by atoms with Crippen LogP contribution in [0.25, 0.3) is 64.9 Å². The van der Waals surface area contributed by atoms with Crippen molar-refractivity contribution in [3.8, 4) is 11.3 Å². The van der Waals surface area contributed by atoms with Crippen molar-refractivity contribution in [1.29, 1.82) is 0 Å². The number of carbonyl (C=O) groups is 1. The first-order chi connectivity index (χ1) is 17.8. The molecule has 2 N–H and O–H groups in total. The number of halogens is 1. The maximum Gasteiger partial charge on any atom is 0.237 e. The predicted octanol–water partition coefficient (Wildman–Crippen LogP) is 6.00. The lowest BCUT2D eigenvalue weighted by atomic mass is 9.95. The van der Waals surface area contributed by atoms with Crippen molar-refractivity contribution in [3.05, 3.63) is 54.9 Å². The molecule has 0 fully saturated rings. The number of nitrogens with one attached hydrogen (secondary N) is 2. The van der Waals surface area contributed by atoms with Crippen LogP contribution in [0.3, 0.4) is 0 Å². The Kier molecular flexibility index (Phi) is 4.41. The lowest BCUT2D eigenvalue weighted by Gasteiger charge is -2.19. The Balaban J connectivity index is 1.76. The van der Waals surface area contributed by atoms with E-state index in [-0.39, 0.29) is 16.9 Å². The van der Waals surface area contributed by atoms with Gasteiger partial charge in [-0.1, -0.05) is 20.8 Å². The number of imidazole rings is 1. The van der Waals surface area contributed by atoms with Crippen LogP contribution in [0.5, 0.6) is 0 Å². The van der Waals surface area contributed by atoms with Crippen LogP contribution >= 0.6 is 11.3 Å². The van der Waals surface area contributed by atoms with Gasteiger partial charge in [0.25, 0.3) is 0 Å². The van der Waals surface area contributed by atoms with Gasteiger partial charge < -0.3 is 0 Å². The van der Waals surface area contributed by atoms with Gasteiger partial charge in [0.1, 0.15) is 27.4 Å². The third kappa shape index (κ3) is 3.20. The number of fused-ring (bicyclic) bond motifs is 9. The Morgan fingerprint density at radius 2 is 1.89 bits per heavy atom. The number of thiophene rings is 1. The quantitative estimate of drug-likeness (QED) is 0.258. The molecule has 0 amide bonds. The van der Waals surface area contributed by atoms with Gasteiger partial charge in [-0.25, -0.2) is 19.3 Å². The third-order valence-electron chi connectivity index (χ3n) is 6.33. The second kappa shape index (κ2) is 7.50. The highest BCUT2D eigenvalue weighted by Gasteiger charge is 2.25. The number of carbonyl (C=O) groups excluding carboxylic acids is 1. The molecule has 0 saturated carbocycles. The maximum absolute atomic E-state index is 16.1. The van der Waals surface area contributed by atoms with E-state index < -0.39 is 11.2 Å². The van der Waals surface area contributed by atoms with Gasteiger partial charge in [0.05, 0.1) is 27.5 Å². The summed E-state index contributed by atoms with van der Waals surface area (Å²) in [5.41, 5.74) is 2.99. The molecule has 7 heterocycles. The van der Waals surface area contributed by atoms with Gasteiger partial charge in [-0.2, -0.15) is 0 Å². The average molecular weight is 511 g/mol. The number of hydrogen-bond donors (Lipinski definition) is 2. The van der Waals surface area contributed by atoms with Gasteiger partial charge in [0, 0.05) is 34.8 Å². The SMILES string of the molecule is CC(C)(C)C(=O)n1c2cncc(c2)c2cnc3[nH][nH]c(c4nc5ccnc(c6ccc1s6)c5n4)-c3c2F. The molecule has 37 heavy (non-hydrogen) atoms. The van der Waals surface area contributed by atoms with E-state index in [2.05, 4.69) is 30.1 Å². The molecule has 0 unspecified atom stereocenters. The Morgan fingerprint density at radius 1 is 1.03 bits per heavy atom. The third-order valence-corrected chi connectivity index (χ3v) is 7.40. The van der Waals surface area contributed by atoms with Gasteiger partial charge in [-0.3, -0.25) is 29.5 Å². The molecule has 0 saturated heterocycles.